The SMILES string of the molecule is CC(C(=O)O)c1cccc2c1OC1CCC(NS(=O)(=O)c3ccc4ccccc4c3)C21. The molecule has 7 heteroatoms. The van der Waals surface area contributed by atoms with Crippen LogP contribution in [-0.4, -0.2) is 31.6 Å². The number of ether oxygens (including phenoxy) is 1. The standard InChI is InChI=1S/C24H23NO5S/c1-14(24(26)27)18-7-4-8-19-22-20(11-12-21(22)30-23(18)19)25-31(28,29)17-10-9-15-5-2-3-6-16(15)13-17/h2-10,13-14,20-22,25H,11-12H2,1H3,(H,26,27). The zero-order valence-corrected chi connectivity index (χ0v) is 17.8. The number of carboxylic acids is 1. The highest BCUT2D eigenvalue weighted by atomic mass is 32.2. The monoisotopic (exact) mass is 437 g/mol. The Balaban J connectivity index is 1.46. The van der Waals surface area contributed by atoms with Crippen LogP contribution in [0.1, 0.15) is 42.7 Å². The molecule has 2 N–H and O–H groups in total. The van der Waals surface area contributed by atoms with Crippen molar-refractivity contribution in [1.82, 2.24) is 4.72 Å². The van der Waals surface area contributed by atoms with Gasteiger partial charge in [0.15, 0.2) is 0 Å². The van der Waals surface area contributed by atoms with E-state index in [1.807, 2.05) is 42.5 Å². The van der Waals surface area contributed by atoms with Crippen LogP contribution < -0.4 is 9.46 Å². The summed E-state index contributed by atoms with van der Waals surface area (Å²) in [6.07, 6.45) is 1.23. The molecule has 1 fully saturated rings. The Kier molecular flexibility index (Phi) is 4.75. The number of fused-ring (bicyclic) bond motifs is 4. The summed E-state index contributed by atoms with van der Waals surface area (Å²) in [5.41, 5.74) is 1.52. The number of hydrogen-bond acceptors (Lipinski definition) is 4. The lowest BCUT2D eigenvalue weighted by Gasteiger charge is -2.20. The second kappa shape index (κ2) is 7.35. The van der Waals surface area contributed by atoms with E-state index >= 15 is 0 Å². The van der Waals surface area contributed by atoms with Gasteiger partial charge in [0.2, 0.25) is 10.0 Å². The fourth-order valence-electron chi connectivity index (χ4n) is 4.84. The first-order chi connectivity index (χ1) is 14.8. The van der Waals surface area contributed by atoms with Crippen molar-refractivity contribution in [2.24, 2.45) is 0 Å². The average molecular weight is 438 g/mol. The summed E-state index contributed by atoms with van der Waals surface area (Å²) >= 11 is 0. The number of rotatable bonds is 5. The second-order valence-electron chi connectivity index (χ2n) is 8.32. The molecule has 0 amide bonds. The van der Waals surface area contributed by atoms with Crippen LogP contribution in [-0.2, 0) is 14.8 Å². The topological polar surface area (TPSA) is 92.7 Å². The number of hydrogen-bond donors (Lipinski definition) is 2. The minimum atomic E-state index is -3.72. The van der Waals surface area contributed by atoms with Crippen LogP contribution in [0, 0.1) is 0 Å². The minimum absolute atomic E-state index is 0.133. The van der Waals surface area contributed by atoms with E-state index in [4.69, 9.17) is 4.74 Å². The zero-order valence-electron chi connectivity index (χ0n) is 17.0. The highest BCUT2D eigenvalue weighted by molar-refractivity contribution is 7.89. The van der Waals surface area contributed by atoms with Crippen LogP contribution in [0.2, 0.25) is 0 Å². The molecule has 0 bridgehead atoms. The normalized spacial score (nSPS) is 23.2. The lowest BCUT2D eigenvalue weighted by Crippen LogP contribution is -2.37. The van der Waals surface area contributed by atoms with E-state index in [2.05, 4.69) is 4.72 Å². The quantitative estimate of drug-likeness (QED) is 0.629. The molecule has 1 aliphatic carbocycles. The number of sulfonamides is 1. The van der Waals surface area contributed by atoms with Crippen LogP contribution in [0.5, 0.6) is 5.75 Å². The van der Waals surface area contributed by atoms with Gasteiger partial charge in [0.1, 0.15) is 11.9 Å². The lowest BCUT2D eigenvalue weighted by atomic mass is 9.90. The maximum atomic E-state index is 13.2. The van der Waals surface area contributed by atoms with Crippen LogP contribution in [0.15, 0.2) is 65.6 Å². The van der Waals surface area contributed by atoms with Gasteiger partial charge in [-0.2, -0.15) is 0 Å². The molecule has 3 aromatic carbocycles. The third kappa shape index (κ3) is 3.38. The Bertz CT molecular complexity index is 1290. The first-order valence-corrected chi connectivity index (χ1v) is 11.9. The maximum absolute atomic E-state index is 13.2. The van der Waals surface area contributed by atoms with Crippen LogP contribution in [0.3, 0.4) is 0 Å². The van der Waals surface area contributed by atoms with Crippen molar-refractivity contribution in [1.29, 1.82) is 0 Å². The van der Waals surface area contributed by atoms with Crippen molar-refractivity contribution >= 4 is 26.8 Å². The summed E-state index contributed by atoms with van der Waals surface area (Å²) < 4.78 is 35.4. The van der Waals surface area contributed by atoms with E-state index in [0.29, 0.717) is 24.2 Å². The van der Waals surface area contributed by atoms with Crippen molar-refractivity contribution in [2.45, 2.75) is 48.6 Å². The molecule has 0 spiro atoms. The van der Waals surface area contributed by atoms with Gasteiger partial charge in [-0.1, -0.05) is 48.5 Å². The molecular weight excluding hydrogens is 414 g/mol. The van der Waals surface area contributed by atoms with Crippen molar-refractivity contribution in [2.75, 3.05) is 0 Å². The van der Waals surface area contributed by atoms with E-state index in [1.165, 1.54) is 0 Å². The Morgan fingerprint density at radius 1 is 1.06 bits per heavy atom. The lowest BCUT2D eigenvalue weighted by molar-refractivity contribution is -0.138. The molecule has 31 heavy (non-hydrogen) atoms. The van der Waals surface area contributed by atoms with Gasteiger partial charge in [-0.3, -0.25) is 4.79 Å². The first kappa shape index (κ1) is 20.0. The third-order valence-electron chi connectivity index (χ3n) is 6.48. The van der Waals surface area contributed by atoms with E-state index in [-0.39, 0.29) is 23.0 Å². The van der Waals surface area contributed by atoms with Crippen molar-refractivity contribution in [3.8, 4) is 5.75 Å². The second-order valence-corrected chi connectivity index (χ2v) is 10.0. The molecule has 3 aromatic rings. The molecule has 4 unspecified atom stereocenters. The van der Waals surface area contributed by atoms with Gasteiger partial charge < -0.3 is 9.84 Å². The predicted molar refractivity (Wildman–Crippen MR) is 117 cm³/mol. The van der Waals surface area contributed by atoms with Gasteiger partial charge in [0, 0.05) is 23.1 Å². The molecule has 0 radical (unpaired) electrons. The number of nitrogens with one attached hydrogen (secondary N) is 1. The molecule has 160 valence electrons. The summed E-state index contributed by atoms with van der Waals surface area (Å²) in [6, 6.07) is 18.0. The molecule has 0 saturated heterocycles. The number of aliphatic carboxylic acids is 1. The average Bonchev–Trinajstić information content (AvgIpc) is 3.32. The van der Waals surface area contributed by atoms with Gasteiger partial charge in [-0.05, 0) is 42.7 Å². The van der Waals surface area contributed by atoms with Gasteiger partial charge in [0.25, 0.3) is 0 Å². The Morgan fingerprint density at radius 2 is 1.84 bits per heavy atom. The Morgan fingerprint density at radius 3 is 2.61 bits per heavy atom. The van der Waals surface area contributed by atoms with Crippen molar-refractivity contribution < 1.29 is 23.1 Å². The largest absolute Gasteiger partial charge is 0.489 e. The molecule has 6 nitrogen and oxygen atoms in total. The molecule has 2 aliphatic rings. The summed E-state index contributed by atoms with van der Waals surface area (Å²) in [5, 5.41) is 11.3. The number of carbonyl (C=O) groups is 1. The minimum Gasteiger partial charge on any atom is -0.489 e. The van der Waals surface area contributed by atoms with Crippen LogP contribution in [0.25, 0.3) is 10.8 Å². The molecule has 1 heterocycles. The zero-order chi connectivity index (χ0) is 21.8. The molecular formula is C24H23NO5S. The predicted octanol–water partition coefficient (Wildman–Crippen LogP) is 4.01. The molecule has 1 aliphatic heterocycles. The number of carboxylic acid groups (broad SMARTS) is 1. The fourth-order valence-corrected chi connectivity index (χ4v) is 6.17. The summed E-state index contributed by atoms with van der Waals surface area (Å²) in [4.78, 5) is 11.7. The van der Waals surface area contributed by atoms with Gasteiger partial charge in [0.05, 0.1) is 10.8 Å². The summed E-state index contributed by atoms with van der Waals surface area (Å²) in [6.45, 7) is 1.63. The van der Waals surface area contributed by atoms with Crippen molar-refractivity contribution in [3.05, 3.63) is 71.8 Å². The highest BCUT2D eigenvalue weighted by Crippen LogP contribution is 2.50. The van der Waals surface area contributed by atoms with Crippen molar-refractivity contribution in [3.63, 3.8) is 0 Å². The maximum Gasteiger partial charge on any atom is 0.310 e. The molecule has 4 atom stereocenters. The Labute approximate surface area is 180 Å². The summed E-state index contributed by atoms with van der Waals surface area (Å²) in [5.74, 6) is -1.14. The van der Waals surface area contributed by atoms with E-state index in [1.54, 1.807) is 25.1 Å². The highest BCUT2D eigenvalue weighted by Gasteiger charge is 2.47. The van der Waals surface area contributed by atoms with E-state index in [9.17, 15) is 18.3 Å². The van der Waals surface area contributed by atoms with E-state index < -0.39 is 21.9 Å². The number of para-hydroxylation sites is 1. The van der Waals surface area contributed by atoms with Gasteiger partial charge in [-0.25, -0.2) is 13.1 Å². The smallest absolute Gasteiger partial charge is 0.310 e. The first-order valence-electron chi connectivity index (χ1n) is 10.4. The molecule has 5 rings (SSSR count). The van der Waals surface area contributed by atoms with E-state index in [0.717, 1.165) is 16.3 Å². The Hall–Kier alpha value is -2.90. The van der Waals surface area contributed by atoms with Crippen LogP contribution in [0.4, 0.5) is 0 Å². The van der Waals surface area contributed by atoms with Crippen LogP contribution >= 0.6 is 0 Å². The molecule has 0 aromatic heterocycles. The number of benzene rings is 3. The molecule has 1 saturated carbocycles. The van der Waals surface area contributed by atoms with Gasteiger partial charge >= 0.3 is 5.97 Å². The summed E-state index contributed by atoms with van der Waals surface area (Å²) in [7, 11) is -3.72. The fraction of sp³-hybridized carbons (Fsp3) is 0.292. The van der Waals surface area contributed by atoms with Gasteiger partial charge in [-0.15, -0.1) is 0 Å². The third-order valence-corrected chi connectivity index (χ3v) is 7.96.